The molecule has 0 saturated carbocycles. The molecule has 0 aliphatic carbocycles. The maximum atomic E-state index is 5.87. The van der Waals surface area contributed by atoms with Crippen LogP contribution in [0.15, 0.2) is 48.5 Å². The van der Waals surface area contributed by atoms with Crippen LogP contribution in [0.4, 0.5) is 0 Å². The van der Waals surface area contributed by atoms with Crippen molar-refractivity contribution in [3.8, 4) is 5.75 Å². The van der Waals surface area contributed by atoms with E-state index in [4.69, 9.17) is 28.6 Å². The first-order valence-electron chi connectivity index (χ1n) is 7.01. The molecule has 2 aromatic carbocycles. The molecule has 2 rings (SSSR count). The fourth-order valence-electron chi connectivity index (χ4n) is 2.03. The molecule has 0 radical (unpaired) electrons. The minimum Gasteiger partial charge on any atom is -0.497 e. The Labute approximate surface area is 141 Å². The van der Waals surface area contributed by atoms with Crippen molar-refractivity contribution in [2.45, 2.75) is 19.5 Å². The largest absolute Gasteiger partial charge is 0.497 e. The average Bonchev–Trinajstić information content (AvgIpc) is 2.54. The van der Waals surface area contributed by atoms with Crippen molar-refractivity contribution in [3.05, 3.63) is 64.7 Å². The van der Waals surface area contributed by atoms with Gasteiger partial charge in [-0.15, -0.1) is 0 Å². The summed E-state index contributed by atoms with van der Waals surface area (Å²) >= 11 is 11.2. The molecule has 0 aliphatic rings. The first-order chi connectivity index (χ1) is 10.6. The summed E-state index contributed by atoms with van der Waals surface area (Å²) < 4.78 is 5.24. The Bertz CT molecular complexity index is 631. The predicted octanol–water partition coefficient (Wildman–Crippen LogP) is 4.07. The van der Waals surface area contributed by atoms with E-state index in [1.807, 2.05) is 48.5 Å². The highest BCUT2D eigenvalue weighted by molar-refractivity contribution is 7.80. The van der Waals surface area contributed by atoms with E-state index in [2.05, 4.69) is 17.6 Å². The zero-order valence-electron chi connectivity index (χ0n) is 12.6. The molecule has 0 unspecified atom stereocenters. The molecule has 0 spiro atoms. The maximum absolute atomic E-state index is 5.87. The quantitative estimate of drug-likeness (QED) is 0.807. The van der Waals surface area contributed by atoms with Crippen LogP contribution in [-0.2, 0) is 6.54 Å². The van der Waals surface area contributed by atoms with Gasteiger partial charge in [0, 0.05) is 11.6 Å². The van der Waals surface area contributed by atoms with Crippen LogP contribution in [0, 0.1) is 0 Å². The lowest BCUT2D eigenvalue weighted by Crippen LogP contribution is -2.36. The van der Waals surface area contributed by atoms with Crippen LogP contribution in [0.2, 0.25) is 5.02 Å². The molecule has 2 N–H and O–H groups in total. The van der Waals surface area contributed by atoms with Crippen LogP contribution in [0.3, 0.4) is 0 Å². The highest BCUT2D eigenvalue weighted by Crippen LogP contribution is 2.18. The van der Waals surface area contributed by atoms with Gasteiger partial charge in [0.1, 0.15) is 5.75 Å². The summed E-state index contributed by atoms with van der Waals surface area (Å²) in [4.78, 5) is 0. The number of halogens is 1. The van der Waals surface area contributed by atoms with Crippen molar-refractivity contribution >= 4 is 28.9 Å². The average molecular weight is 335 g/mol. The van der Waals surface area contributed by atoms with Gasteiger partial charge in [-0.25, -0.2) is 0 Å². The minimum atomic E-state index is 0.0975. The lowest BCUT2D eigenvalue weighted by Gasteiger charge is -2.18. The van der Waals surface area contributed by atoms with Gasteiger partial charge >= 0.3 is 0 Å². The lowest BCUT2D eigenvalue weighted by molar-refractivity contribution is 0.413. The molecule has 0 fully saturated rings. The summed E-state index contributed by atoms with van der Waals surface area (Å²) in [6.45, 7) is 2.72. The molecule has 5 heteroatoms. The van der Waals surface area contributed by atoms with E-state index in [-0.39, 0.29) is 6.04 Å². The van der Waals surface area contributed by atoms with Crippen molar-refractivity contribution in [2.75, 3.05) is 7.11 Å². The van der Waals surface area contributed by atoms with E-state index >= 15 is 0 Å². The smallest absolute Gasteiger partial charge is 0.167 e. The zero-order chi connectivity index (χ0) is 15.9. The Balaban J connectivity index is 1.86. The van der Waals surface area contributed by atoms with Gasteiger partial charge in [-0.1, -0.05) is 35.9 Å². The van der Waals surface area contributed by atoms with Crippen LogP contribution in [0.1, 0.15) is 24.1 Å². The molecule has 0 amide bonds. The van der Waals surface area contributed by atoms with Crippen molar-refractivity contribution in [2.24, 2.45) is 0 Å². The highest BCUT2D eigenvalue weighted by atomic mass is 35.5. The Morgan fingerprint density at radius 1 is 1.23 bits per heavy atom. The molecule has 0 bridgehead atoms. The van der Waals surface area contributed by atoms with Crippen LogP contribution < -0.4 is 15.4 Å². The van der Waals surface area contributed by atoms with E-state index in [0.717, 1.165) is 21.9 Å². The Kier molecular flexibility index (Phi) is 6.04. The third kappa shape index (κ3) is 4.90. The summed E-state index contributed by atoms with van der Waals surface area (Å²) in [5, 5.41) is 7.81. The van der Waals surface area contributed by atoms with Gasteiger partial charge in [0.2, 0.25) is 0 Å². The molecular formula is C17H19ClN2OS. The Hall–Kier alpha value is -1.78. The summed E-state index contributed by atoms with van der Waals surface area (Å²) in [6.07, 6.45) is 0. The van der Waals surface area contributed by atoms with Crippen molar-refractivity contribution in [1.29, 1.82) is 0 Å². The highest BCUT2D eigenvalue weighted by Gasteiger charge is 2.07. The fourth-order valence-corrected chi connectivity index (χ4v) is 2.40. The molecule has 0 heterocycles. The molecule has 0 aromatic heterocycles. The van der Waals surface area contributed by atoms with Crippen LogP contribution in [0.5, 0.6) is 5.75 Å². The van der Waals surface area contributed by atoms with E-state index in [0.29, 0.717) is 11.7 Å². The first-order valence-corrected chi connectivity index (χ1v) is 7.80. The van der Waals surface area contributed by atoms with Crippen molar-refractivity contribution in [3.63, 3.8) is 0 Å². The molecule has 1 atom stereocenters. The monoisotopic (exact) mass is 334 g/mol. The van der Waals surface area contributed by atoms with Crippen LogP contribution >= 0.6 is 23.8 Å². The normalized spacial score (nSPS) is 11.6. The number of nitrogens with one attached hydrogen (secondary N) is 2. The Morgan fingerprint density at radius 3 is 2.64 bits per heavy atom. The third-order valence-electron chi connectivity index (χ3n) is 3.31. The second kappa shape index (κ2) is 8.01. The number of ether oxygens (including phenoxy) is 1. The van der Waals surface area contributed by atoms with Gasteiger partial charge in [0.05, 0.1) is 13.2 Å². The van der Waals surface area contributed by atoms with Gasteiger partial charge in [-0.2, -0.15) is 0 Å². The van der Waals surface area contributed by atoms with Crippen LogP contribution in [0.25, 0.3) is 0 Å². The van der Waals surface area contributed by atoms with Gasteiger partial charge in [0.25, 0.3) is 0 Å². The number of methoxy groups -OCH3 is 1. The molecular weight excluding hydrogens is 316 g/mol. The van der Waals surface area contributed by atoms with Gasteiger partial charge in [0.15, 0.2) is 5.11 Å². The maximum Gasteiger partial charge on any atom is 0.167 e. The van der Waals surface area contributed by atoms with Gasteiger partial charge < -0.3 is 15.4 Å². The topological polar surface area (TPSA) is 33.3 Å². The SMILES string of the molecule is COc1cccc([C@H](C)NC(=S)NCc2ccc(Cl)cc2)c1. The number of hydrogen-bond acceptors (Lipinski definition) is 2. The summed E-state index contributed by atoms with van der Waals surface area (Å²) in [5.74, 6) is 0.839. The van der Waals surface area contributed by atoms with E-state index in [9.17, 15) is 0 Å². The van der Waals surface area contributed by atoms with Gasteiger partial charge in [-0.05, 0) is 54.5 Å². The number of benzene rings is 2. The van der Waals surface area contributed by atoms with Gasteiger partial charge in [-0.3, -0.25) is 0 Å². The fraction of sp³-hybridized carbons (Fsp3) is 0.235. The lowest BCUT2D eigenvalue weighted by atomic mass is 10.1. The standard InChI is InChI=1S/C17H19ClN2OS/c1-12(14-4-3-5-16(10-14)21-2)20-17(22)19-11-13-6-8-15(18)9-7-13/h3-10,12H,11H2,1-2H3,(H2,19,20,22)/t12-/m0/s1. The summed E-state index contributed by atoms with van der Waals surface area (Å²) in [6, 6.07) is 15.7. The van der Waals surface area contributed by atoms with Crippen molar-refractivity contribution < 1.29 is 4.74 Å². The summed E-state index contributed by atoms with van der Waals surface area (Å²) in [5.41, 5.74) is 2.25. The van der Waals surface area contributed by atoms with E-state index in [1.54, 1.807) is 7.11 Å². The van der Waals surface area contributed by atoms with E-state index < -0.39 is 0 Å². The molecule has 116 valence electrons. The second-order valence-corrected chi connectivity index (χ2v) is 5.80. The molecule has 22 heavy (non-hydrogen) atoms. The number of hydrogen-bond donors (Lipinski definition) is 2. The molecule has 3 nitrogen and oxygen atoms in total. The summed E-state index contributed by atoms with van der Waals surface area (Å²) in [7, 11) is 1.66. The first kappa shape index (κ1) is 16.6. The van der Waals surface area contributed by atoms with Crippen LogP contribution in [-0.4, -0.2) is 12.2 Å². The number of rotatable bonds is 5. The molecule has 2 aromatic rings. The molecule has 0 saturated heterocycles. The minimum absolute atomic E-state index is 0.0975. The molecule has 0 aliphatic heterocycles. The zero-order valence-corrected chi connectivity index (χ0v) is 14.2. The Morgan fingerprint density at radius 2 is 1.95 bits per heavy atom. The number of thiocarbonyl (C=S) groups is 1. The third-order valence-corrected chi connectivity index (χ3v) is 3.82. The second-order valence-electron chi connectivity index (χ2n) is 4.95. The van der Waals surface area contributed by atoms with Crippen molar-refractivity contribution in [1.82, 2.24) is 10.6 Å². The predicted molar refractivity (Wildman–Crippen MR) is 95.4 cm³/mol. The van der Waals surface area contributed by atoms with E-state index in [1.165, 1.54) is 0 Å².